The summed E-state index contributed by atoms with van der Waals surface area (Å²) in [5, 5.41) is 2.70. The van der Waals surface area contributed by atoms with Crippen LogP contribution in [0.15, 0.2) is 47.5 Å². The van der Waals surface area contributed by atoms with Crippen LogP contribution in [-0.2, 0) is 6.42 Å². The minimum Gasteiger partial charge on any atom is -0.283 e. The molecule has 4 rings (SSSR count). The molecule has 3 aromatic rings. The first kappa shape index (κ1) is 13.3. The molecule has 0 radical (unpaired) electrons. The molecule has 0 fully saturated rings. The molecule has 0 amide bonds. The Morgan fingerprint density at radius 3 is 2.71 bits per heavy atom. The van der Waals surface area contributed by atoms with Gasteiger partial charge in [-0.05, 0) is 24.1 Å². The van der Waals surface area contributed by atoms with Crippen LogP contribution in [0, 0.1) is 0 Å². The molecule has 0 atom stereocenters. The maximum absolute atomic E-state index is 6.59. The molecule has 0 aliphatic carbocycles. The fraction of sp³-hybridized carbons (Fsp3) is 0.118. The first-order valence-electron chi connectivity index (χ1n) is 6.75. The highest BCUT2D eigenvalue weighted by atomic mass is 35.5. The second-order valence-electron chi connectivity index (χ2n) is 4.99. The average Bonchev–Trinajstić information content (AvgIpc) is 2.85. The fourth-order valence-corrected chi connectivity index (χ4v) is 4.57. The van der Waals surface area contributed by atoms with Gasteiger partial charge < -0.3 is 0 Å². The molecule has 2 heterocycles. The van der Waals surface area contributed by atoms with Gasteiger partial charge in [0.1, 0.15) is 0 Å². The largest absolute Gasteiger partial charge is 0.283 e. The maximum atomic E-state index is 6.59. The van der Waals surface area contributed by atoms with Crippen LogP contribution in [0.25, 0.3) is 10.1 Å². The summed E-state index contributed by atoms with van der Waals surface area (Å²) in [5.41, 5.74) is 3.27. The van der Waals surface area contributed by atoms with Crippen molar-refractivity contribution in [3.8, 4) is 0 Å². The third kappa shape index (κ3) is 2.10. The molecule has 0 bridgehead atoms. The lowest BCUT2D eigenvalue weighted by Crippen LogP contribution is -2.13. The molecule has 1 aromatic heterocycles. The Morgan fingerprint density at radius 1 is 1.00 bits per heavy atom. The Morgan fingerprint density at radius 2 is 1.86 bits per heavy atom. The predicted molar refractivity (Wildman–Crippen MR) is 92.5 cm³/mol. The zero-order valence-electron chi connectivity index (χ0n) is 11.1. The van der Waals surface area contributed by atoms with Crippen molar-refractivity contribution in [2.45, 2.75) is 6.42 Å². The number of fused-ring (bicyclic) bond motifs is 2. The van der Waals surface area contributed by atoms with E-state index in [1.807, 2.05) is 24.3 Å². The highest BCUT2D eigenvalue weighted by molar-refractivity contribution is 7.21. The van der Waals surface area contributed by atoms with Gasteiger partial charge in [0, 0.05) is 27.2 Å². The number of hydrogen-bond acceptors (Lipinski definition) is 2. The summed E-state index contributed by atoms with van der Waals surface area (Å²) in [7, 11) is 0. The highest BCUT2D eigenvalue weighted by Gasteiger charge is 2.22. The Labute approximate surface area is 136 Å². The van der Waals surface area contributed by atoms with Crippen molar-refractivity contribution in [3.63, 3.8) is 0 Å². The summed E-state index contributed by atoms with van der Waals surface area (Å²) in [6.45, 7) is 0.761. The van der Waals surface area contributed by atoms with Gasteiger partial charge in [0.15, 0.2) is 0 Å². The van der Waals surface area contributed by atoms with Gasteiger partial charge in [-0.2, -0.15) is 0 Å². The maximum Gasteiger partial charge on any atom is 0.0837 e. The van der Waals surface area contributed by atoms with Gasteiger partial charge in [-0.3, -0.25) is 4.99 Å². The molecular weight excluding hydrogens is 321 g/mol. The first-order chi connectivity index (χ1) is 10.3. The minimum atomic E-state index is 0.761. The standard InChI is InChI=1S/C17H11Cl2NS/c18-13-6-3-5-11-10(13)8-9-20-16(11)17-15(19)12-4-1-2-7-14(12)21-17/h1-7H,8-9H2. The van der Waals surface area contributed by atoms with Crippen molar-refractivity contribution >= 4 is 50.3 Å². The second kappa shape index (κ2) is 5.13. The van der Waals surface area contributed by atoms with Crippen molar-refractivity contribution in [1.82, 2.24) is 0 Å². The van der Waals surface area contributed by atoms with E-state index in [-0.39, 0.29) is 0 Å². The zero-order chi connectivity index (χ0) is 14.4. The van der Waals surface area contributed by atoms with E-state index >= 15 is 0 Å². The Hall–Kier alpha value is -1.35. The number of benzene rings is 2. The first-order valence-corrected chi connectivity index (χ1v) is 8.32. The average molecular weight is 332 g/mol. The number of rotatable bonds is 1. The molecule has 1 aliphatic heterocycles. The molecule has 4 heteroatoms. The van der Waals surface area contributed by atoms with Crippen molar-refractivity contribution in [2.75, 3.05) is 6.54 Å². The number of halogens is 2. The van der Waals surface area contributed by atoms with Crippen LogP contribution in [0.4, 0.5) is 0 Å². The van der Waals surface area contributed by atoms with E-state index in [1.165, 1.54) is 10.3 Å². The van der Waals surface area contributed by atoms with Gasteiger partial charge in [0.2, 0.25) is 0 Å². The van der Waals surface area contributed by atoms with E-state index in [9.17, 15) is 0 Å². The summed E-state index contributed by atoms with van der Waals surface area (Å²) in [6, 6.07) is 14.2. The van der Waals surface area contributed by atoms with E-state index in [1.54, 1.807) is 11.3 Å². The Bertz CT molecular complexity index is 880. The van der Waals surface area contributed by atoms with Crippen LogP contribution in [-0.4, -0.2) is 12.3 Å². The Balaban J connectivity index is 1.96. The Kier molecular flexibility index (Phi) is 3.26. The molecule has 21 heavy (non-hydrogen) atoms. The molecule has 0 spiro atoms. The van der Waals surface area contributed by atoms with Crippen molar-refractivity contribution in [1.29, 1.82) is 0 Å². The van der Waals surface area contributed by atoms with Gasteiger partial charge in [-0.25, -0.2) is 0 Å². The van der Waals surface area contributed by atoms with Gasteiger partial charge in [-0.1, -0.05) is 53.5 Å². The summed E-state index contributed by atoms with van der Waals surface area (Å²) < 4.78 is 1.19. The normalized spacial score (nSPS) is 14.1. The molecule has 0 saturated heterocycles. The van der Waals surface area contributed by atoms with E-state index in [4.69, 9.17) is 28.2 Å². The lowest BCUT2D eigenvalue weighted by Gasteiger charge is -2.17. The molecule has 1 aliphatic rings. The van der Waals surface area contributed by atoms with E-state index in [0.29, 0.717) is 0 Å². The highest BCUT2D eigenvalue weighted by Crippen LogP contribution is 2.38. The topological polar surface area (TPSA) is 12.4 Å². The fourth-order valence-electron chi connectivity index (χ4n) is 2.76. The predicted octanol–water partition coefficient (Wildman–Crippen LogP) is 5.60. The van der Waals surface area contributed by atoms with Crippen LogP contribution in [0.1, 0.15) is 16.0 Å². The van der Waals surface area contributed by atoms with E-state index in [2.05, 4.69) is 18.2 Å². The molecule has 2 aromatic carbocycles. The molecule has 0 saturated carbocycles. The van der Waals surface area contributed by atoms with Crippen LogP contribution >= 0.6 is 34.5 Å². The lowest BCUT2D eigenvalue weighted by molar-refractivity contribution is 0.945. The van der Waals surface area contributed by atoms with Gasteiger partial charge in [0.25, 0.3) is 0 Å². The number of thiophene rings is 1. The third-order valence-electron chi connectivity index (χ3n) is 3.76. The monoisotopic (exact) mass is 331 g/mol. The van der Waals surface area contributed by atoms with Crippen LogP contribution in [0.2, 0.25) is 10.0 Å². The number of nitrogens with zero attached hydrogens (tertiary/aromatic N) is 1. The van der Waals surface area contributed by atoms with Crippen molar-refractivity contribution in [2.24, 2.45) is 4.99 Å². The van der Waals surface area contributed by atoms with Crippen LogP contribution < -0.4 is 0 Å². The molecule has 104 valence electrons. The van der Waals surface area contributed by atoms with E-state index < -0.39 is 0 Å². The minimum absolute atomic E-state index is 0.761. The molecule has 0 unspecified atom stereocenters. The number of hydrogen-bond donors (Lipinski definition) is 0. The molecule has 1 nitrogen and oxygen atoms in total. The summed E-state index contributed by atoms with van der Waals surface area (Å²) in [6.07, 6.45) is 0.890. The zero-order valence-corrected chi connectivity index (χ0v) is 13.4. The van der Waals surface area contributed by atoms with Crippen molar-refractivity contribution in [3.05, 3.63) is 68.5 Å². The van der Waals surface area contributed by atoms with Crippen LogP contribution in [0.3, 0.4) is 0 Å². The summed E-state index contributed by atoms with van der Waals surface area (Å²) >= 11 is 14.6. The molecular formula is C17H11Cl2NS. The quantitative estimate of drug-likeness (QED) is 0.550. The summed E-state index contributed by atoms with van der Waals surface area (Å²) in [5.74, 6) is 0. The van der Waals surface area contributed by atoms with Gasteiger partial charge >= 0.3 is 0 Å². The second-order valence-corrected chi connectivity index (χ2v) is 6.82. The van der Waals surface area contributed by atoms with Gasteiger partial charge in [0.05, 0.1) is 15.6 Å². The third-order valence-corrected chi connectivity index (χ3v) is 5.79. The van der Waals surface area contributed by atoms with Crippen LogP contribution in [0.5, 0.6) is 0 Å². The number of aliphatic imine (C=N–C) groups is 1. The molecule has 0 N–H and O–H groups in total. The van der Waals surface area contributed by atoms with E-state index in [0.717, 1.165) is 44.5 Å². The van der Waals surface area contributed by atoms with Crippen molar-refractivity contribution < 1.29 is 0 Å². The lowest BCUT2D eigenvalue weighted by atomic mass is 9.96. The smallest absolute Gasteiger partial charge is 0.0837 e. The SMILES string of the molecule is Clc1cccc2c1CCN=C2c1sc2ccccc2c1Cl. The van der Waals surface area contributed by atoms with Gasteiger partial charge in [-0.15, -0.1) is 11.3 Å². The summed E-state index contributed by atoms with van der Waals surface area (Å²) in [4.78, 5) is 5.76.